The largest absolute Gasteiger partial charge is 0.315 e. The number of nitrogens with one attached hydrogen (secondary N) is 2. The highest BCUT2D eigenvalue weighted by molar-refractivity contribution is 7.91. The van der Waals surface area contributed by atoms with Gasteiger partial charge in [-0.2, -0.15) is 0 Å². The van der Waals surface area contributed by atoms with Gasteiger partial charge in [0.2, 0.25) is 0 Å². The fourth-order valence-electron chi connectivity index (χ4n) is 1.26. The fourth-order valence-corrected chi connectivity index (χ4v) is 3.84. The lowest BCUT2D eigenvalue weighted by Gasteiger charge is -2.11. The molecule has 1 aromatic heterocycles. The quantitative estimate of drug-likeness (QED) is 0.777. The number of hydrogen-bond donors (Lipinski definition) is 2. The lowest BCUT2D eigenvalue weighted by molar-refractivity contribution is 0.563. The van der Waals surface area contributed by atoms with Crippen molar-refractivity contribution in [1.82, 2.24) is 9.71 Å². The zero-order chi connectivity index (χ0) is 12.3. The van der Waals surface area contributed by atoms with E-state index in [1.165, 1.54) is 0 Å². The van der Waals surface area contributed by atoms with Crippen LogP contribution in [0.1, 0.15) is 19.0 Å². The third-order valence-electron chi connectivity index (χ3n) is 1.90. The maximum absolute atomic E-state index is 11.9. The van der Waals surface area contributed by atoms with Crippen molar-refractivity contribution in [3.8, 4) is 0 Å². The van der Waals surface area contributed by atoms with Gasteiger partial charge in [-0.25, -0.2) is 13.1 Å². The molecule has 0 aliphatic heterocycles. The number of sulfonamides is 1. The first-order valence-electron chi connectivity index (χ1n) is 4.69. The Labute approximate surface area is 98.3 Å². The highest BCUT2D eigenvalue weighted by Gasteiger charge is 2.21. The van der Waals surface area contributed by atoms with Crippen molar-refractivity contribution in [2.75, 3.05) is 0 Å². The third-order valence-corrected chi connectivity index (χ3v) is 5.10. The molecule has 1 heterocycles. The molecule has 0 fully saturated rings. The predicted molar refractivity (Wildman–Crippen MR) is 64.3 cm³/mol. The summed E-state index contributed by atoms with van der Waals surface area (Å²) in [6.45, 7) is 6.84. The van der Waals surface area contributed by atoms with E-state index >= 15 is 0 Å². The van der Waals surface area contributed by atoms with E-state index in [9.17, 15) is 13.2 Å². The van der Waals surface area contributed by atoms with Crippen molar-refractivity contribution in [3.05, 3.63) is 28.0 Å². The Morgan fingerprint density at radius 3 is 2.69 bits per heavy atom. The lowest BCUT2D eigenvalue weighted by atomic mass is 10.3. The molecule has 0 saturated heterocycles. The fraction of sp³-hybridized carbons (Fsp3) is 0.444. The molecule has 1 unspecified atom stereocenters. The maximum atomic E-state index is 11.9. The molecule has 0 spiro atoms. The van der Waals surface area contributed by atoms with E-state index < -0.39 is 10.0 Å². The minimum Gasteiger partial charge on any atom is -0.315 e. The van der Waals surface area contributed by atoms with Gasteiger partial charge in [0, 0.05) is 11.7 Å². The van der Waals surface area contributed by atoms with Crippen molar-refractivity contribution in [1.29, 1.82) is 0 Å². The van der Waals surface area contributed by atoms with E-state index in [2.05, 4.69) is 16.3 Å². The molecular weight excluding hydrogens is 248 g/mol. The van der Waals surface area contributed by atoms with Gasteiger partial charge >= 0.3 is 4.87 Å². The van der Waals surface area contributed by atoms with Crippen LogP contribution in [0, 0.1) is 6.92 Å². The third kappa shape index (κ3) is 3.03. The average Bonchev–Trinajstić information content (AvgIpc) is 2.45. The smallest absolute Gasteiger partial charge is 0.305 e. The minimum atomic E-state index is -3.60. The Hall–Kier alpha value is -0.920. The van der Waals surface area contributed by atoms with E-state index in [4.69, 9.17) is 0 Å². The highest BCUT2D eigenvalue weighted by atomic mass is 32.2. The van der Waals surface area contributed by atoms with Crippen LogP contribution in [0.2, 0.25) is 0 Å². The molecule has 0 saturated carbocycles. The summed E-state index contributed by atoms with van der Waals surface area (Å²) in [5, 5.41) is 0. The van der Waals surface area contributed by atoms with Gasteiger partial charge in [0.1, 0.15) is 0 Å². The Bertz CT molecular complexity index is 527. The topological polar surface area (TPSA) is 79.0 Å². The van der Waals surface area contributed by atoms with Gasteiger partial charge in [0.05, 0.1) is 0 Å². The number of H-pyrrole nitrogens is 1. The number of aromatic nitrogens is 1. The van der Waals surface area contributed by atoms with Crippen LogP contribution in [0.3, 0.4) is 0 Å². The second-order valence-corrected chi connectivity index (χ2v) is 6.37. The summed E-state index contributed by atoms with van der Waals surface area (Å²) < 4.78 is 26.2. The van der Waals surface area contributed by atoms with Crippen molar-refractivity contribution >= 4 is 21.4 Å². The lowest BCUT2D eigenvalue weighted by Crippen LogP contribution is -2.32. The predicted octanol–water partition coefficient (Wildman–Crippen LogP) is 0.988. The summed E-state index contributed by atoms with van der Waals surface area (Å²) >= 11 is 0.694. The molecule has 0 bridgehead atoms. The molecule has 2 N–H and O–H groups in total. The number of hydrogen-bond acceptors (Lipinski definition) is 4. The normalized spacial score (nSPS) is 13.6. The van der Waals surface area contributed by atoms with Crippen LogP contribution < -0.4 is 9.60 Å². The number of rotatable bonds is 5. The molecule has 90 valence electrons. The number of thiazole rings is 1. The molecule has 0 aromatic carbocycles. The van der Waals surface area contributed by atoms with E-state index in [1.54, 1.807) is 19.9 Å². The summed E-state index contributed by atoms with van der Waals surface area (Å²) in [6.07, 6.45) is 2.18. The van der Waals surface area contributed by atoms with Crippen LogP contribution in [0.15, 0.2) is 21.7 Å². The molecule has 1 rings (SSSR count). The molecule has 0 amide bonds. The van der Waals surface area contributed by atoms with E-state index in [0.717, 1.165) is 0 Å². The van der Waals surface area contributed by atoms with Gasteiger partial charge in [0.15, 0.2) is 4.21 Å². The van der Waals surface area contributed by atoms with Crippen LogP contribution in [-0.2, 0) is 10.0 Å². The van der Waals surface area contributed by atoms with Gasteiger partial charge in [-0.1, -0.05) is 17.4 Å². The number of aryl methyl sites for hydroxylation is 1. The number of aromatic amines is 1. The summed E-state index contributed by atoms with van der Waals surface area (Å²) in [6, 6.07) is -0.237. The van der Waals surface area contributed by atoms with E-state index in [-0.39, 0.29) is 15.1 Å². The Kier molecular flexibility index (Phi) is 4.06. The maximum Gasteiger partial charge on any atom is 0.305 e. The molecular formula is C9H14N2O3S2. The van der Waals surface area contributed by atoms with Crippen LogP contribution in [0.4, 0.5) is 0 Å². The monoisotopic (exact) mass is 262 g/mol. The summed E-state index contributed by atoms with van der Waals surface area (Å²) in [4.78, 5) is 13.1. The second-order valence-electron chi connectivity index (χ2n) is 3.47. The van der Waals surface area contributed by atoms with Crippen LogP contribution in [0.25, 0.3) is 0 Å². The van der Waals surface area contributed by atoms with Crippen molar-refractivity contribution in [2.45, 2.75) is 30.5 Å². The SMILES string of the molecule is C=CCC(C)NS(=O)(=O)c1sc(=O)[nH]c1C. The van der Waals surface area contributed by atoms with Gasteiger partial charge in [-0.15, -0.1) is 6.58 Å². The van der Waals surface area contributed by atoms with Crippen LogP contribution in [0.5, 0.6) is 0 Å². The van der Waals surface area contributed by atoms with E-state index in [1.807, 2.05) is 0 Å². The average molecular weight is 262 g/mol. The summed E-state index contributed by atoms with van der Waals surface area (Å²) in [5.41, 5.74) is 0.369. The zero-order valence-electron chi connectivity index (χ0n) is 9.11. The Balaban J connectivity index is 2.98. The second kappa shape index (κ2) is 4.94. The molecule has 1 atom stereocenters. The standard InChI is InChI=1S/C9H14N2O3S2/c1-4-5-6(2)11-16(13,14)8-7(3)10-9(12)15-8/h4,6,11H,1,5H2,2-3H3,(H,10,12). The molecule has 5 nitrogen and oxygen atoms in total. The van der Waals surface area contributed by atoms with Gasteiger partial charge in [0.25, 0.3) is 10.0 Å². The van der Waals surface area contributed by atoms with Crippen LogP contribution in [-0.4, -0.2) is 19.4 Å². The Morgan fingerprint density at radius 1 is 1.62 bits per heavy atom. The molecule has 0 aliphatic carbocycles. The van der Waals surface area contributed by atoms with Crippen molar-refractivity contribution in [3.63, 3.8) is 0 Å². The van der Waals surface area contributed by atoms with Gasteiger partial charge in [-0.3, -0.25) is 4.79 Å². The zero-order valence-corrected chi connectivity index (χ0v) is 10.7. The first-order chi connectivity index (χ1) is 7.36. The Morgan fingerprint density at radius 2 is 2.25 bits per heavy atom. The van der Waals surface area contributed by atoms with Crippen molar-refractivity contribution < 1.29 is 8.42 Å². The van der Waals surface area contributed by atoms with Gasteiger partial charge < -0.3 is 4.98 Å². The molecule has 7 heteroatoms. The molecule has 0 radical (unpaired) electrons. The van der Waals surface area contributed by atoms with Crippen molar-refractivity contribution in [2.24, 2.45) is 0 Å². The van der Waals surface area contributed by atoms with Crippen LogP contribution >= 0.6 is 11.3 Å². The molecule has 1 aromatic rings. The summed E-state index contributed by atoms with van der Waals surface area (Å²) in [5.74, 6) is 0. The summed E-state index contributed by atoms with van der Waals surface area (Å²) in [7, 11) is -3.60. The molecule has 0 aliphatic rings. The minimum absolute atomic E-state index is 0.0495. The highest BCUT2D eigenvalue weighted by Crippen LogP contribution is 2.16. The molecule has 16 heavy (non-hydrogen) atoms. The van der Waals surface area contributed by atoms with E-state index in [0.29, 0.717) is 23.5 Å². The first kappa shape index (κ1) is 13.1. The van der Waals surface area contributed by atoms with Gasteiger partial charge in [-0.05, 0) is 20.3 Å². The first-order valence-corrected chi connectivity index (χ1v) is 6.99.